The molecule has 1 aromatic carbocycles. The molecule has 6 nitrogen and oxygen atoms in total. The summed E-state index contributed by atoms with van der Waals surface area (Å²) in [6.45, 7) is 0.297. The molecule has 0 spiro atoms. The first-order valence-electron chi connectivity index (χ1n) is 10.6. The van der Waals surface area contributed by atoms with Crippen molar-refractivity contribution in [2.45, 2.75) is 44.7 Å². The normalized spacial score (nSPS) is 14.2. The highest BCUT2D eigenvalue weighted by Crippen LogP contribution is 2.31. The van der Waals surface area contributed by atoms with Crippen molar-refractivity contribution < 1.29 is 14.3 Å². The minimum absolute atomic E-state index is 0.0754. The van der Waals surface area contributed by atoms with E-state index < -0.39 is 5.97 Å². The Kier molecular flexibility index (Phi) is 6.85. The van der Waals surface area contributed by atoms with Gasteiger partial charge in [-0.1, -0.05) is 43.0 Å². The second-order valence-electron chi connectivity index (χ2n) is 7.94. The van der Waals surface area contributed by atoms with Gasteiger partial charge in [-0.25, -0.2) is 19.2 Å². The Bertz CT molecular complexity index is 1120. The van der Waals surface area contributed by atoms with Gasteiger partial charge in [0.1, 0.15) is 17.5 Å². The number of nitrogens with zero attached hydrogens (tertiary/aromatic N) is 2. The maximum Gasteiger partial charge on any atom is 0.335 e. The van der Waals surface area contributed by atoms with Crippen LogP contribution in [0.5, 0.6) is 0 Å². The van der Waals surface area contributed by atoms with E-state index in [1.54, 1.807) is 24.4 Å². The Balaban J connectivity index is 1.61. The Morgan fingerprint density at radius 2 is 1.94 bits per heavy atom. The number of nitrogens with one attached hydrogen (secondary N) is 2. The van der Waals surface area contributed by atoms with Crippen LogP contribution in [0.15, 0.2) is 48.7 Å². The standard InChI is InChI=1S/C24H24ClFN4O2/c25-20-14-28-23(29-18-7-2-1-3-8-18)12-19(20)21-10-16(24(31)32)11-22(30-21)27-13-15-5-4-6-17(26)9-15/h4-6,9-12,14,18H,1-3,7-8,13H2,(H,27,30)(H,28,29)(H,31,32). The summed E-state index contributed by atoms with van der Waals surface area (Å²) in [5, 5.41) is 16.5. The SMILES string of the molecule is O=C(O)c1cc(NCc2cccc(F)c2)nc(-c2cc(NC3CCCCC3)ncc2Cl)c1. The zero-order valence-electron chi connectivity index (χ0n) is 17.4. The van der Waals surface area contributed by atoms with Gasteiger partial charge in [0.05, 0.1) is 16.3 Å². The van der Waals surface area contributed by atoms with E-state index in [1.165, 1.54) is 43.5 Å². The zero-order chi connectivity index (χ0) is 22.5. The van der Waals surface area contributed by atoms with Crippen LogP contribution in [0.25, 0.3) is 11.3 Å². The number of carbonyl (C=O) groups is 1. The number of hydrogen-bond acceptors (Lipinski definition) is 5. The number of aromatic nitrogens is 2. The summed E-state index contributed by atoms with van der Waals surface area (Å²) in [7, 11) is 0. The van der Waals surface area contributed by atoms with E-state index in [0.29, 0.717) is 40.5 Å². The lowest BCUT2D eigenvalue weighted by Crippen LogP contribution is -2.22. The van der Waals surface area contributed by atoms with Gasteiger partial charge in [0.15, 0.2) is 0 Å². The van der Waals surface area contributed by atoms with E-state index in [-0.39, 0.29) is 11.4 Å². The van der Waals surface area contributed by atoms with Crippen LogP contribution < -0.4 is 10.6 Å². The van der Waals surface area contributed by atoms with E-state index in [4.69, 9.17) is 11.6 Å². The third kappa shape index (κ3) is 5.53. The Morgan fingerprint density at radius 1 is 1.12 bits per heavy atom. The molecule has 1 saturated carbocycles. The summed E-state index contributed by atoms with van der Waals surface area (Å²) in [6.07, 6.45) is 7.40. The molecule has 0 bridgehead atoms. The number of anilines is 2. The van der Waals surface area contributed by atoms with Crippen LogP contribution in [0.4, 0.5) is 16.0 Å². The molecule has 0 atom stereocenters. The van der Waals surface area contributed by atoms with Crippen LogP contribution in [0.1, 0.15) is 48.0 Å². The molecule has 3 N–H and O–H groups in total. The third-order valence-electron chi connectivity index (χ3n) is 5.52. The summed E-state index contributed by atoms with van der Waals surface area (Å²) >= 11 is 6.41. The second kappa shape index (κ2) is 9.96. The van der Waals surface area contributed by atoms with Gasteiger partial charge in [0.25, 0.3) is 0 Å². The maximum atomic E-state index is 13.5. The first-order chi connectivity index (χ1) is 15.5. The highest BCUT2D eigenvalue weighted by atomic mass is 35.5. The van der Waals surface area contributed by atoms with Crippen molar-refractivity contribution in [2.24, 2.45) is 0 Å². The average Bonchev–Trinajstić information content (AvgIpc) is 2.79. The Morgan fingerprint density at radius 3 is 2.69 bits per heavy atom. The van der Waals surface area contributed by atoms with Crippen molar-refractivity contribution in [2.75, 3.05) is 10.6 Å². The van der Waals surface area contributed by atoms with Crippen LogP contribution in [0, 0.1) is 5.82 Å². The first-order valence-corrected chi connectivity index (χ1v) is 11.0. The molecule has 0 unspecified atom stereocenters. The van der Waals surface area contributed by atoms with E-state index >= 15 is 0 Å². The number of pyridine rings is 2. The lowest BCUT2D eigenvalue weighted by atomic mass is 9.95. The van der Waals surface area contributed by atoms with Gasteiger partial charge in [0.2, 0.25) is 0 Å². The molecule has 166 valence electrons. The van der Waals surface area contributed by atoms with Crippen LogP contribution >= 0.6 is 11.6 Å². The van der Waals surface area contributed by atoms with Crippen molar-refractivity contribution in [3.8, 4) is 11.3 Å². The van der Waals surface area contributed by atoms with Crippen molar-refractivity contribution in [1.82, 2.24) is 9.97 Å². The minimum atomic E-state index is -1.08. The molecule has 0 saturated heterocycles. The fourth-order valence-electron chi connectivity index (χ4n) is 3.89. The molecular weight excluding hydrogens is 431 g/mol. The van der Waals surface area contributed by atoms with Crippen molar-refractivity contribution in [3.63, 3.8) is 0 Å². The quantitative estimate of drug-likeness (QED) is 0.406. The van der Waals surface area contributed by atoms with Gasteiger partial charge >= 0.3 is 5.97 Å². The molecule has 2 aromatic heterocycles. The number of benzene rings is 1. The smallest absolute Gasteiger partial charge is 0.335 e. The lowest BCUT2D eigenvalue weighted by Gasteiger charge is -2.23. The van der Waals surface area contributed by atoms with Crippen molar-refractivity contribution in [3.05, 3.63) is 70.6 Å². The number of carboxylic acid groups (broad SMARTS) is 1. The van der Waals surface area contributed by atoms with Crippen molar-refractivity contribution >= 4 is 29.2 Å². The fraction of sp³-hybridized carbons (Fsp3) is 0.292. The molecule has 4 rings (SSSR count). The highest BCUT2D eigenvalue weighted by Gasteiger charge is 2.17. The Hall–Kier alpha value is -3.19. The predicted octanol–water partition coefficient (Wildman–Crippen LogP) is 5.99. The minimum Gasteiger partial charge on any atom is -0.478 e. The second-order valence-corrected chi connectivity index (χ2v) is 8.35. The first kappa shape index (κ1) is 22.0. The molecule has 1 fully saturated rings. The highest BCUT2D eigenvalue weighted by molar-refractivity contribution is 6.33. The summed E-state index contributed by atoms with van der Waals surface area (Å²) in [4.78, 5) is 20.7. The van der Waals surface area contributed by atoms with Gasteiger partial charge in [-0.3, -0.25) is 0 Å². The van der Waals surface area contributed by atoms with Crippen LogP contribution in [0.3, 0.4) is 0 Å². The third-order valence-corrected chi connectivity index (χ3v) is 5.82. The molecule has 3 aromatic rings. The Labute approximate surface area is 190 Å². The molecule has 1 aliphatic rings. The van der Waals surface area contributed by atoms with Crippen LogP contribution in [0.2, 0.25) is 5.02 Å². The molecular formula is C24H24ClFN4O2. The average molecular weight is 455 g/mol. The summed E-state index contributed by atoms with van der Waals surface area (Å²) in [5.74, 6) is -0.362. The van der Waals surface area contributed by atoms with E-state index in [2.05, 4.69) is 20.6 Å². The topological polar surface area (TPSA) is 87.1 Å². The summed E-state index contributed by atoms with van der Waals surface area (Å²) in [6, 6.07) is 11.3. The van der Waals surface area contributed by atoms with Crippen LogP contribution in [-0.2, 0) is 6.54 Å². The molecule has 8 heteroatoms. The predicted molar refractivity (Wildman–Crippen MR) is 124 cm³/mol. The van der Waals surface area contributed by atoms with E-state index in [0.717, 1.165) is 18.4 Å². The molecule has 0 radical (unpaired) electrons. The molecule has 0 amide bonds. The number of hydrogen-bond donors (Lipinski definition) is 3. The number of carboxylic acids is 1. The van der Waals surface area contributed by atoms with E-state index in [9.17, 15) is 14.3 Å². The van der Waals surface area contributed by atoms with E-state index in [1.807, 2.05) is 0 Å². The monoisotopic (exact) mass is 454 g/mol. The number of halogens is 2. The molecule has 1 aliphatic carbocycles. The molecule has 32 heavy (non-hydrogen) atoms. The van der Waals surface area contributed by atoms with Gasteiger partial charge in [-0.05, 0) is 48.7 Å². The maximum absolute atomic E-state index is 13.5. The largest absolute Gasteiger partial charge is 0.478 e. The molecule has 2 heterocycles. The van der Waals surface area contributed by atoms with Crippen LogP contribution in [-0.4, -0.2) is 27.1 Å². The van der Waals surface area contributed by atoms with Gasteiger partial charge in [0, 0.05) is 24.3 Å². The lowest BCUT2D eigenvalue weighted by molar-refractivity contribution is 0.0697. The van der Waals surface area contributed by atoms with Crippen molar-refractivity contribution in [1.29, 1.82) is 0 Å². The van der Waals surface area contributed by atoms with Gasteiger partial charge in [-0.2, -0.15) is 0 Å². The summed E-state index contributed by atoms with van der Waals surface area (Å²) < 4.78 is 13.5. The number of rotatable bonds is 7. The van der Waals surface area contributed by atoms with Gasteiger partial charge < -0.3 is 15.7 Å². The molecule has 0 aliphatic heterocycles. The zero-order valence-corrected chi connectivity index (χ0v) is 18.2. The summed E-state index contributed by atoms with van der Waals surface area (Å²) in [5.41, 5.74) is 1.81. The fourth-order valence-corrected chi connectivity index (χ4v) is 4.09. The van der Waals surface area contributed by atoms with Gasteiger partial charge in [-0.15, -0.1) is 0 Å². The number of aromatic carboxylic acids is 1.